The third-order valence-electron chi connectivity index (χ3n) is 6.36. The van der Waals surface area contributed by atoms with Gasteiger partial charge in [0.2, 0.25) is 5.91 Å². The molecule has 6 heteroatoms. The van der Waals surface area contributed by atoms with Crippen molar-refractivity contribution in [1.29, 1.82) is 0 Å². The highest BCUT2D eigenvalue weighted by molar-refractivity contribution is 8.12. The molecular weight excluding hydrogens is 286 g/mol. The van der Waals surface area contributed by atoms with Crippen LogP contribution in [0.4, 0.5) is 0 Å². The van der Waals surface area contributed by atoms with Gasteiger partial charge in [-0.3, -0.25) is 4.79 Å². The third kappa shape index (κ3) is 0.916. The fourth-order valence-corrected chi connectivity index (χ4v) is 7.53. The van der Waals surface area contributed by atoms with Crippen LogP contribution in [0, 0.1) is 29.1 Å². The van der Waals surface area contributed by atoms with Gasteiger partial charge in [0.05, 0.1) is 11.5 Å². The Morgan fingerprint density at radius 2 is 2.16 bits per heavy atom. The topological polar surface area (TPSA) is 54.5 Å². The van der Waals surface area contributed by atoms with Crippen LogP contribution in [-0.2, 0) is 14.0 Å². The van der Waals surface area contributed by atoms with Crippen LogP contribution in [0.25, 0.3) is 0 Å². The SMILES string of the molecule is O=C1[C@@H]2[C@@H]3CCC[C@]4([C@@H]5C[C@@H]5C=C[C@@]234)N1S(=O)(=O)Cl. The normalized spacial score (nSPS) is 56.5. The van der Waals surface area contributed by atoms with Crippen molar-refractivity contribution in [3.63, 3.8) is 0 Å². The Balaban J connectivity index is 1.81. The van der Waals surface area contributed by atoms with E-state index in [0.29, 0.717) is 17.8 Å². The van der Waals surface area contributed by atoms with E-state index in [9.17, 15) is 13.2 Å². The van der Waals surface area contributed by atoms with Gasteiger partial charge < -0.3 is 0 Å². The predicted molar refractivity (Wildman–Crippen MR) is 68.4 cm³/mol. The minimum absolute atomic E-state index is 0.124. The smallest absolute Gasteiger partial charge is 0.273 e. The van der Waals surface area contributed by atoms with E-state index in [-0.39, 0.29) is 17.2 Å². The Morgan fingerprint density at radius 3 is 2.89 bits per heavy atom. The van der Waals surface area contributed by atoms with E-state index >= 15 is 0 Å². The molecular formula is C13H14ClNO3S. The number of carbonyl (C=O) groups excluding carboxylic acids is 1. The van der Waals surface area contributed by atoms with Gasteiger partial charge in [-0.05, 0) is 37.0 Å². The lowest BCUT2D eigenvalue weighted by molar-refractivity contribution is -0.130. The molecule has 1 amide bonds. The molecule has 19 heavy (non-hydrogen) atoms. The summed E-state index contributed by atoms with van der Waals surface area (Å²) in [5, 5.41) is 0. The molecule has 1 saturated heterocycles. The average Bonchev–Trinajstić information content (AvgIpc) is 3.16. The van der Waals surface area contributed by atoms with Gasteiger partial charge in [0.1, 0.15) is 0 Å². The van der Waals surface area contributed by atoms with Crippen molar-refractivity contribution in [2.45, 2.75) is 31.2 Å². The molecule has 0 aromatic rings. The number of hydrogen-bond acceptors (Lipinski definition) is 3. The summed E-state index contributed by atoms with van der Waals surface area (Å²) in [5.74, 6) is 0.766. The maximum absolute atomic E-state index is 12.6. The summed E-state index contributed by atoms with van der Waals surface area (Å²) in [6.07, 6.45) is 8.26. The second-order valence-corrected chi connectivity index (χ2v) is 9.10. The van der Waals surface area contributed by atoms with E-state index in [1.54, 1.807) is 0 Å². The Bertz CT molecular complexity index is 659. The largest absolute Gasteiger partial charge is 0.324 e. The van der Waals surface area contributed by atoms with Crippen molar-refractivity contribution in [2.24, 2.45) is 29.1 Å². The summed E-state index contributed by atoms with van der Waals surface area (Å²) in [6.45, 7) is 0. The molecule has 1 spiro atoms. The van der Waals surface area contributed by atoms with Crippen LogP contribution in [0.5, 0.6) is 0 Å². The maximum atomic E-state index is 12.6. The van der Waals surface area contributed by atoms with Crippen LogP contribution in [0.1, 0.15) is 25.7 Å². The zero-order valence-corrected chi connectivity index (χ0v) is 11.8. The van der Waals surface area contributed by atoms with Crippen molar-refractivity contribution in [3.05, 3.63) is 12.2 Å². The highest BCUT2D eigenvalue weighted by Gasteiger charge is 2.89. The summed E-state index contributed by atoms with van der Waals surface area (Å²) >= 11 is 0. The van der Waals surface area contributed by atoms with Crippen LogP contribution >= 0.6 is 10.7 Å². The lowest BCUT2D eigenvalue weighted by Gasteiger charge is -2.48. The zero-order chi connectivity index (χ0) is 13.2. The molecule has 5 rings (SSSR count). The highest BCUT2D eigenvalue weighted by atomic mass is 35.7. The number of carbonyl (C=O) groups is 1. The number of rotatable bonds is 1. The Kier molecular flexibility index (Phi) is 1.61. The molecule has 6 atom stereocenters. The molecule has 1 aliphatic heterocycles. The maximum Gasteiger partial charge on any atom is 0.324 e. The van der Waals surface area contributed by atoms with Gasteiger partial charge in [-0.25, -0.2) is 4.31 Å². The first-order valence-electron chi connectivity index (χ1n) is 6.93. The molecule has 0 aromatic carbocycles. The van der Waals surface area contributed by atoms with Crippen LogP contribution < -0.4 is 0 Å². The quantitative estimate of drug-likeness (QED) is 0.547. The molecule has 4 nitrogen and oxygen atoms in total. The molecule has 0 aromatic heterocycles. The predicted octanol–water partition coefficient (Wildman–Crippen LogP) is 1.67. The van der Waals surface area contributed by atoms with Crippen molar-refractivity contribution < 1.29 is 13.2 Å². The van der Waals surface area contributed by atoms with Crippen molar-refractivity contribution >= 4 is 25.8 Å². The minimum atomic E-state index is -3.97. The summed E-state index contributed by atoms with van der Waals surface area (Å²) in [5.41, 5.74) is -0.723. The summed E-state index contributed by atoms with van der Waals surface area (Å²) in [7, 11) is 1.64. The molecule has 4 fully saturated rings. The lowest BCUT2D eigenvalue weighted by Crippen LogP contribution is -2.58. The minimum Gasteiger partial charge on any atom is -0.273 e. The van der Waals surface area contributed by atoms with Gasteiger partial charge in [0.25, 0.3) is 0 Å². The number of allylic oxidation sites excluding steroid dienone is 1. The molecule has 1 heterocycles. The highest BCUT2D eigenvalue weighted by Crippen LogP contribution is 2.83. The first kappa shape index (κ1) is 11.1. The molecule has 0 bridgehead atoms. The van der Waals surface area contributed by atoms with Gasteiger partial charge in [0, 0.05) is 16.1 Å². The van der Waals surface area contributed by atoms with E-state index in [4.69, 9.17) is 10.7 Å². The van der Waals surface area contributed by atoms with E-state index in [1.165, 1.54) is 0 Å². The first-order valence-corrected chi connectivity index (χ1v) is 9.19. The Hall–Kier alpha value is -0.550. The third-order valence-corrected chi connectivity index (χ3v) is 7.72. The molecule has 0 radical (unpaired) electrons. The Labute approximate surface area is 116 Å². The number of amides is 1. The number of nitrogens with zero attached hydrogens (tertiary/aromatic N) is 1. The number of piperidine rings is 1. The van der Waals surface area contributed by atoms with Crippen molar-refractivity contribution in [1.82, 2.24) is 4.31 Å². The molecule has 0 N–H and O–H groups in total. The lowest BCUT2D eigenvalue weighted by atomic mass is 9.66. The second kappa shape index (κ2) is 2.75. The summed E-state index contributed by atoms with van der Waals surface area (Å²) < 4.78 is 25.0. The summed E-state index contributed by atoms with van der Waals surface area (Å²) in [6, 6.07) is 0. The van der Waals surface area contributed by atoms with E-state index < -0.39 is 14.8 Å². The van der Waals surface area contributed by atoms with Crippen LogP contribution in [0.2, 0.25) is 0 Å². The number of fused-ring (bicyclic) bond motifs is 2. The number of halogens is 1. The van der Waals surface area contributed by atoms with Gasteiger partial charge >= 0.3 is 9.24 Å². The average molecular weight is 300 g/mol. The van der Waals surface area contributed by atoms with Gasteiger partial charge in [-0.15, -0.1) is 0 Å². The molecule has 5 aliphatic rings. The fraction of sp³-hybridized carbons (Fsp3) is 0.769. The zero-order valence-electron chi connectivity index (χ0n) is 10.3. The molecule has 0 unspecified atom stereocenters. The molecule has 3 saturated carbocycles. The van der Waals surface area contributed by atoms with Crippen LogP contribution in [0.3, 0.4) is 0 Å². The van der Waals surface area contributed by atoms with E-state index in [1.807, 2.05) is 0 Å². The van der Waals surface area contributed by atoms with Crippen LogP contribution in [0.15, 0.2) is 12.2 Å². The van der Waals surface area contributed by atoms with Gasteiger partial charge in [-0.1, -0.05) is 18.6 Å². The first-order chi connectivity index (χ1) is 8.94. The molecule has 4 aliphatic carbocycles. The standard InChI is InChI=1S/C13H14ClNO3S/c14-19(17,18)15-11(16)10-8-2-1-4-13(15)9-6-7(9)3-5-12(8,10)13/h3,5,7-10H,1-2,4,6H2/t7-,8-,9+,10-,12-,13+/m0/s1. The van der Waals surface area contributed by atoms with Crippen molar-refractivity contribution in [2.75, 3.05) is 0 Å². The summed E-state index contributed by atoms with van der Waals surface area (Å²) in [4.78, 5) is 12.6. The molecule has 102 valence electrons. The van der Waals surface area contributed by atoms with Gasteiger partial charge in [0.15, 0.2) is 0 Å². The second-order valence-electron chi connectivity index (χ2n) is 6.74. The van der Waals surface area contributed by atoms with E-state index in [2.05, 4.69) is 12.2 Å². The van der Waals surface area contributed by atoms with Crippen LogP contribution in [-0.4, -0.2) is 24.2 Å². The van der Waals surface area contributed by atoms with Crippen molar-refractivity contribution in [3.8, 4) is 0 Å². The number of hydrogen-bond donors (Lipinski definition) is 0. The monoisotopic (exact) mass is 299 g/mol. The fourth-order valence-electron chi connectivity index (χ4n) is 5.85. The Morgan fingerprint density at radius 1 is 1.37 bits per heavy atom. The van der Waals surface area contributed by atoms with Gasteiger partial charge in [-0.2, -0.15) is 8.42 Å². The van der Waals surface area contributed by atoms with E-state index in [0.717, 1.165) is 30.0 Å².